The maximum absolute atomic E-state index is 11.9. The number of nitrogens with one attached hydrogen (secondary N) is 1. The molecule has 3 N–H and O–H groups in total. The Bertz CT molecular complexity index is 585. The number of carbonyl (C=O) groups is 1. The van der Waals surface area contributed by atoms with Crippen molar-refractivity contribution in [3.8, 4) is 0 Å². The molecule has 1 aromatic carbocycles. The fourth-order valence-electron chi connectivity index (χ4n) is 1.32. The number of halogens is 1. The van der Waals surface area contributed by atoms with Gasteiger partial charge in [0.15, 0.2) is 9.84 Å². The Balaban J connectivity index is 3.05. The monoisotopic (exact) mass is 304 g/mol. The number of hydrogen-bond acceptors (Lipinski definition) is 4. The van der Waals surface area contributed by atoms with Crippen LogP contribution in [0.15, 0.2) is 23.1 Å². The summed E-state index contributed by atoms with van der Waals surface area (Å²) >= 11 is 5.93. The summed E-state index contributed by atoms with van der Waals surface area (Å²) in [7, 11) is -3.35. The van der Waals surface area contributed by atoms with E-state index in [0.717, 1.165) is 6.26 Å². The molecule has 2 atom stereocenters. The highest BCUT2D eigenvalue weighted by molar-refractivity contribution is 7.90. The van der Waals surface area contributed by atoms with E-state index in [4.69, 9.17) is 17.3 Å². The molecule has 0 aliphatic heterocycles. The van der Waals surface area contributed by atoms with Crippen molar-refractivity contribution >= 4 is 33.0 Å². The quantitative estimate of drug-likeness (QED) is 0.885. The number of sulfone groups is 1. The number of benzene rings is 1. The number of amides is 1. The Kier molecular flexibility index (Phi) is 4.95. The highest BCUT2D eigenvalue weighted by atomic mass is 35.5. The number of carbonyl (C=O) groups excluding carboxylic acids is 1. The van der Waals surface area contributed by atoms with E-state index in [0.29, 0.717) is 0 Å². The highest BCUT2D eigenvalue weighted by Crippen LogP contribution is 2.25. The molecule has 0 aromatic heterocycles. The van der Waals surface area contributed by atoms with Crippen molar-refractivity contribution in [3.05, 3.63) is 23.2 Å². The van der Waals surface area contributed by atoms with Crippen LogP contribution in [0.5, 0.6) is 0 Å². The SMILES string of the molecule is CC(N)C(C)C(=O)Nc1cc(S(C)(=O)=O)ccc1Cl. The van der Waals surface area contributed by atoms with Crippen molar-refractivity contribution in [2.75, 3.05) is 11.6 Å². The van der Waals surface area contributed by atoms with E-state index < -0.39 is 15.8 Å². The van der Waals surface area contributed by atoms with Crippen LogP contribution in [-0.4, -0.2) is 26.6 Å². The third-order valence-electron chi connectivity index (χ3n) is 2.83. The Morgan fingerprint density at radius 3 is 2.42 bits per heavy atom. The van der Waals surface area contributed by atoms with E-state index in [1.807, 2.05) is 0 Å². The summed E-state index contributed by atoms with van der Waals surface area (Å²) < 4.78 is 22.9. The lowest BCUT2D eigenvalue weighted by atomic mass is 10.0. The first kappa shape index (κ1) is 15.9. The second-order valence-corrected chi connectivity index (χ2v) is 6.97. The Labute approximate surface area is 118 Å². The zero-order chi connectivity index (χ0) is 14.8. The lowest BCUT2D eigenvalue weighted by molar-refractivity contribution is -0.119. The molecule has 0 saturated carbocycles. The second-order valence-electron chi connectivity index (χ2n) is 4.55. The molecule has 7 heteroatoms. The van der Waals surface area contributed by atoms with E-state index in [1.54, 1.807) is 13.8 Å². The standard InChI is InChI=1S/C12H17ClN2O3S/c1-7(8(2)14)12(16)15-11-6-9(19(3,17)18)4-5-10(11)13/h4-8H,14H2,1-3H3,(H,15,16). The van der Waals surface area contributed by atoms with Gasteiger partial charge in [-0.3, -0.25) is 4.79 Å². The Hall–Kier alpha value is -1.11. The molecule has 0 bridgehead atoms. The zero-order valence-electron chi connectivity index (χ0n) is 11.0. The molecule has 0 aliphatic rings. The predicted octanol–water partition coefficient (Wildman–Crippen LogP) is 1.67. The van der Waals surface area contributed by atoms with Gasteiger partial charge in [-0.2, -0.15) is 0 Å². The third kappa shape index (κ3) is 4.19. The normalized spacial score (nSPS) is 14.8. The van der Waals surface area contributed by atoms with Crippen LogP contribution in [0, 0.1) is 5.92 Å². The summed E-state index contributed by atoms with van der Waals surface area (Å²) in [5.74, 6) is -0.708. The minimum absolute atomic E-state index is 0.0978. The molecule has 0 spiro atoms. The van der Waals surface area contributed by atoms with Crippen LogP contribution in [0.2, 0.25) is 5.02 Å². The molecule has 1 amide bonds. The average molecular weight is 305 g/mol. The van der Waals surface area contributed by atoms with Crippen molar-refractivity contribution in [3.63, 3.8) is 0 Å². The van der Waals surface area contributed by atoms with Gasteiger partial charge in [0.05, 0.1) is 21.5 Å². The first-order chi connectivity index (χ1) is 8.62. The molecular weight excluding hydrogens is 288 g/mol. The van der Waals surface area contributed by atoms with Gasteiger partial charge in [-0.1, -0.05) is 18.5 Å². The number of anilines is 1. The van der Waals surface area contributed by atoms with Crippen LogP contribution in [0.3, 0.4) is 0 Å². The van der Waals surface area contributed by atoms with E-state index in [1.165, 1.54) is 18.2 Å². The van der Waals surface area contributed by atoms with Gasteiger partial charge in [0, 0.05) is 12.3 Å². The van der Waals surface area contributed by atoms with Crippen LogP contribution >= 0.6 is 11.6 Å². The molecule has 19 heavy (non-hydrogen) atoms. The van der Waals surface area contributed by atoms with E-state index in [9.17, 15) is 13.2 Å². The molecule has 2 unspecified atom stereocenters. The van der Waals surface area contributed by atoms with Crippen LogP contribution in [0.1, 0.15) is 13.8 Å². The first-order valence-electron chi connectivity index (χ1n) is 5.69. The molecule has 0 heterocycles. The van der Waals surface area contributed by atoms with Crippen molar-refractivity contribution in [1.29, 1.82) is 0 Å². The second kappa shape index (κ2) is 5.90. The summed E-state index contributed by atoms with van der Waals surface area (Å²) in [4.78, 5) is 12.0. The van der Waals surface area contributed by atoms with Crippen LogP contribution in [-0.2, 0) is 14.6 Å². The van der Waals surface area contributed by atoms with Gasteiger partial charge in [-0.25, -0.2) is 8.42 Å². The van der Waals surface area contributed by atoms with Crippen molar-refractivity contribution in [2.45, 2.75) is 24.8 Å². The highest BCUT2D eigenvalue weighted by Gasteiger charge is 2.19. The number of rotatable bonds is 4. The fourth-order valence-corrected chi connectivity index (χ4v) is 2.13. The van der Waals surface area contributed by atoms with Gasteiger partial charge >= 0.3 is 0 Å². The molecule has 106 valence electrons. The lowest BCUT2D eigenvalue weighted by Gasteiger charge is -2.16. The van der Waals surface area contributed by atoms with Gasteiger partial charge in [0.1, 0.15) is 0 Å². The zero-order valence-corrected chi connectivity index (χ0v) is 12.5. The van der Waals surface area contributed by atoms with Crippen molar-refractivity contribution in [1.82, 2.24) is 0 Å². The molecule has 0 aliphatic carbocycles. The summed E-state index contributed by atoms with van der Waals surface area (Å²) in [6, 6.07) is 3.85. The van der Waals surface area contributed by atoms with Gasteiger partial charge in [-0.05, 0) is 25.1 Å². The molecule has 1 rings (SSSR count). The molecular formula is C12H17ClN2O3S. The van der Waals surface area contributed by atoms with Crippen LogP contribution < -0.4 is 11.1 Å². The maximum atomic E-state index is 11.9. The fraction of sp³-hybridized carbons (Fsp3) is 0.417. The molecule has 0 radical (unpaired) electrons. The van der Waals surface area contributed by atoms with Crippen LogP contribution in [0.25, 0.3) is 0 Å². The van der Waals surface area contributed by atoms with Gasteiger partial charge in [0.2, 0.25) is 5.91 Å². The van der Waals surface area contributed by atoms with Crippen LogP contribution in [0.4, 0.5) is 5.69 Å². The largest absolute Gasteiger partial charge is 0.327 e. The summed E-state index contributed by atoms with van der Waals surface area (Å²) in [5, 5.41) is 2.86. The van der Waals surface area contributed by atoms with Crippen molar-refractivity contribution < 1.29 is 13.2 Å². The lowest BCUT2D eigenvalue weighted by Crippen LogP contribution is -2.34. The topological polar surface area (TPSA) is 89.3 Å². The number of nitrogens with two attached hydrogens (primary N) is 1. The summed E-state index contributed by atoms with van der Waals surface area (Å²) in [6.07, 6.45) is 1.09. The van der Waals surface area contributed by atoms with Gasteiger partial charge in [-0.15, -0.1) is 0 Å². The minimum atomic E-state index is -3.35. The molecule has 0 fully saturated rings. The van der Waals surface area contributed by atoms with E-state index in [2.05, 4.69) is 5.32 Å². The Morgan fingerprint density at radius 1 is 1.37 bits per heavy atom. The summed E-state index contributed by atoms with van der Waals surface area (Å²) in [6.45, 7) is 3.41. The van der Waals surface area contributed by atoms with Crippen molar-refractivity contribution in [2.24, 2.45) is 11.7 Å². The minimum Gasteiger partial charge on any atom is -0.327 e. The molecule has 1 aromatic rings. The Morgan fingerprint density at radius 2 is 1.95 bits per heavy atom. The maximum Gasteiger partial charge on any atom is 0.228 e. The number of hydrogen-bond donors (Lipinski definition) is 2. The van der Waals surface area contributed by atoms with Gasteiger partial charge in [0.25, 0.3) is 0 Å². The van der Waals surface area contributed by atoms with Gasteiger partial charge < -0.3 is 11.1 Å². The molecule has 5 nitrogen and oxygen atoms in total. The smallest absolute Gasteiger partial charge is 0.228 e. The first-order valence-corrected chi connectivity index (χ1v) is 7.96. The van der Waals surface area contributed by atoms with E-state index >= 15 is 0 Å². The molecule has 0 saturated heterocycles. The average Bonchev–Trinajstić information content (AvgIpc) is 2.29. The predicted molar refractivity (Wildman–Crippen MR) is 76.0 cm³/mol. The third-order valence-corrected chi connectivity index (χ3v) is 4.27. The van der Waals surface area contributed by atoms with E-state index in [-0.39, 0.29) is 27.6 Å². The summed E-state index contributed by atoms with van der Waals surface area (Å²) in [5.41, 5.74) is 5.90.